The fourth-order valence-corrected chi connectivity index (χ4v) is 3.68. The number of anilines is 2. The molecule has 31 heavy (non-hydrogen) atoms. The van der Waals surface area contributed by atoms with E-state index in [1.165, 1.54) is 17.0 Å². The van der Waals surface area contributed by atoms with E-state index < -0.39 is 17.6 Å². The summed E-state index contributed by atoms with van der Waals surface area (Å²) >= 11 is 0. The van der Waals surface area contributed by atoms with Crippen molar-refractivity contribution in [3.8, 4) is 11.1 Å². The standard InChI is InChI=1S/C23H18F3N3O2/c1-14-11-27-12-19-22(14)18-5-3-2-4-15(18)10-21(31)29(19)13-20(30)28-17-8-6-16(7-9-17)23(24,25)26/h2-9,11-12H,10,13H2,1H3,(H,28,30). The monoisotopic (exact) mass is 425 g/mol. The fraction of sp³-hybridized carbons (Fsp3) is 0.174. The van der Waals surface area contributed by atoms with Crippen LogP contribution in [0.15, 0.2) is 60.9 Å². The number of nitrogens with zero attached hydrogens (tertiary/aromatic N) is 2. The minimum absolute atomic E-state index is 0.123. The SMILES string of the molecule is Cc1cncc2c1-c1ccccc1CC(=O)N2CC(=O)Nc1ccc(C(F)(F)F)cc1. The molecule has 2 amide bonds. The first kappa shape index (κ1) is 20.6. The molecule has 0 atom stereocenters. The molecule has 0 bridgehead atoms. The maximum absolute atomic E-state index is 13.0. The number of benzene rings is 2. The first-order chi connectivity index (χ1) is 14.7. The molecule has 5 nitrogen and oxygen atoms in total. The van der Waals surface area contributed by atoms with Gasteiger partial charge in [-0.25, -0.2) is 0 Å². The minimum Gasteiger partial charge on any atom is -0.325 e. The smallest absolute Gasteiger partial charge is 0.325 e. The summed E-state index contributed by atoms with van der Waals surface area (Å²) in [5, 5.41) is 2.55. The van der Waals surface area contributed by atoms with Gasteiger partial charge in [0.2, 0.25) is 11.8 Å². The van der Waals surface area contributed by atoms with Gasteiger partial charge in [0, 0.05) is 17.4 Å². The van der Waals surface area contributed by atoms with E-state index in [1.54, 1.807) is 12.4 Å². The number of alkyl halides is 3. The number of hydrogen-bond donors (Lipinski definition) is 1. The Hall–Kier alpha value is -3.68. The Labute approximate surface area is 176 Å². The lowest BCUT2D eigenvalue weighted by atomic mass is 9.96. The highest BCUT2D eigenvalue weighted by Gasteiger charge is 2.31. The molecule has 0 spiro atoms. The molecule has 1 aromatic heterocycles. The highest BCUT2D eigenvalue weighted by atomic mass is 19.4. The van der Waals surface area contributed by atoms with Crippen LogP contribution in [0.2, 0.25) is 0 Å². The maximum atomic E-state index is 13.0. The van der Waals surface area contributed by atoms with Crippen LogP contribution >= 0.6 is 0 Å². The highest BCUT2D eigenvalue weighted by Crippen LogP contribution is 2.38. The molecule has 1 N–H and O–H groups in total. The highest BCUT2D eigenvalue weighted by molar-refractivity contribution is 6.07. The summed E-state index contributed by atoms with van der Waals surface area (Å²) in [4.78, 5) is 31.2. The van der Waals surface area contributed by atoms with Gasteiger partial charge in [0.25, 0.3) is 0 Å². The fourth-order valence-electron chi connectivity index (χ4n) is 3.68. The average Bonchev–Trinajstić information content (AvgIpc) is 2.83. The predicted molar refractivity (Wildman–Crippen MR) is 111 cm³/mol. The topological polar surface area (TPSA) is 62.3 Å². The Bertz CT molecular complexity index is 1160. The van der Waals surface area contributed by atoms with Crippen molar-refractivity contribution < 1.29 is 22.8 Å². The lowest BCUT2D eigenvalue weighted by Crippen LogP contribution is -2.38. The number of halogens is 3. The second-order valence-electron chi connectivity index (χ2n) is 7.29. The third kappa shape index (κ3) is 4.14. The van der Waals surface area contributed by atoms with Gasteiger partial charge in [-0.1, -0.05) is 24.3 Å². The molecule has 158 valence electrons. The van der Waals surface area contributed by atoms with Gasteiger partial charge in [-0.05, 0) is 47.9 Å². The van der Waals surface area contributed by atoms with Crippen LogP contribution in [0, 0.1) is 6.92 Å². The van der Waals surface area contributed by atoms with Gasteiger partial charge < -0.3 is 10.2 Å². The molecule has 1 aliphatic rings. The van der Waals surface area contributed by atoms with Crippen LogP contribution < -0.4 is 10.2 Å². The normalized spacial score (nSPS) is 13.3. The zero-order chi connectivity index (χ0) is 22.2. The van der Waals surface area contributed by atoms with Crippen molar-refractivity contribution in [3.05, 3.63) is 77.6 Å². The van der Waals surface area contributed by atoms with E-state index in [0.29, 0.717) is 5.69 Å². The molecular formula is C23H18F3N3O2. The van der Waals surface area contributed by atoms with Crippen molar-refractivity contribution >= 4 is 23.2 Å². The number of carbonyl (C=O) groups is 2. The molecule has 2 heterocycles. The number of fused-ring (bicyclic) bond motifs is 3. The van der Waals surface area contributed by atoms with Gasteiger partial charge in [0.05, 0.1) is 23.9 Å². The van der Waals surface area contributed by atoms with E-state index in [1.807, 2.05) is 31.2 Å². The van der Waals surface area contributed by atoms with E-state index in [4.69, 9.17) is 0 Å². The Morgan fingerprint density at radius 2 is 1.81 bits per heavy atom. The van der Waals surface area contributed by atoms with E-state index >= 15 is 0 Å². The van der Waals surface area contributed by atoms with Crippen molar-refractivity contribution in [1.82, 2.24) is 4.98 Å². The Morgan fingerprint density at radius 1 is 1.10 bits per heavy atom. The van der Waals surface area contributed by atoms with Crippen LogP contribution in [-0.2, 0) is 22.2 Å². The summed E-state index contributed by atoms with van der Waals surface area (Å²) in [6, 6.07) is 11.7. The molecular weight excluding hydrogens is 407 g/mol. The molecule has 0 aliphatic carbocycles. The van der Waals surface area contributed by atoms with E-state index in [9.17, 15) is 22.8 Å². The van der Waals surface area contributed by atoms with Crippen molar-refractivity contribution in [2.24, 2.45) is 0 Å². The molecule has 8 heteroatoms. The zero-order valence-corrected chi connectivity index (χ0v) is 16.5. The molecule has 1 aliphatic heterocycles. The quantitative estimate of drug-likeness (QED) is 0.667. The lowest BCUT2D eigenvalue weighted by molar-refractivity contribution is -0.137. The lowest BCUT2D eigenvalue weighted by Gasteiger charge is -2.23. The molecule has 0 fully saturated rings. The van der Waals surface area contributed by atoms with Crippen molar-refractivity contribution in [2.45, 2.75) is 19.5 Å². The number of aromatic nitrogens is 1. The predicted octanol–water partition coefficient (Wildman–Crippen LogP) is 4.60. The number of amides is 2. The number of nitrogens with one attached hydrogen (secondary N) is 1. The van der Waals surface area contributed by atoms with Gasteiger partial charge in [-0.15, -0.1) is 0 Å². The van der Waals surface area contributed by atoms with E-state index in [2.05, 4.69) is 10.3 Å². The van der Waals surface area contributed by atoms with Crippen molar-refractivity contribution in [2.75, 3.05) is 16.8 Å². The number of hydrogen-bond acceptors (Lipinski definition) is 3. The van der Waals surface area contributed by atoms with Crippen molar-refractivity contribution in [3.63, 3.8) is 0 Å². The first-order valence-corrected chi connectivity index (χ1v) is 9.54. The van der Waals surface area contributed by atoms with Gasteiger partial charge in [-0.2, -0.15) is 13.2 Å². The Balaban J connectivity index is 1.61. The van der Waals surface area contributed by atoms with Gasteiger partial charge in [0.1, 0.15) is 6.54 Å². The average molecular weight is 425 g/mol. The van der Waals surface area contributed by atoms with Gasteiger partial charge in [-0.3, -0.25) is 14.6 Å². The van der Waals surface area contributed by atoms with Crippen LogP contribution in [0.1, 0.15) is 16.7 Å². The van der Waals surface area contributed by atoms with Gasteiger partial charge >= 0.3 is 6.18 Å². The molecule has 0 saturated carbocycles. The van der Waals surface area contributed by atoms with Gasteiger partial charge in [0.15, 0.2) is 0 Å². The summed E-state index contributed by atoms with van der Waals surface area (Å²) in [6.45, 7) is 1.60. The molecule has 3 aromatic rings. The van der Waals surface area contributed by atoms with Crippen LogP contribution in [0.25, 0.3) is 11.1 Å². The third-order valence-electron chi connectivity index (χ3n) is 5.13. The summed E-state index contributed by atoms with van der Waals surface area (Å²) in [7, 11) is 0. The molecule has 0 radical (unpaired) electrons. The summed E-state index contributed by atoms with van der Waals surface area (Å²) in [5.74, 6) is -0.785. The summed E-state index contributed by atoms with van der Waals surface area (Å²) in [6.07, 6.45) is -1.08. The molecule has 2 aromatic carbocycles. The molecule has 0 unspecified atom stereocenters. The largest absolute Gasteiger partial charge is 0.416 e. The second kappa shape index (κ2) is 7.86. The zero-order valence-electron chi connectivity index (χ0n) is 16.5. The Kier molecular flexibility index (Phi) is 5.22. The van der Waals surface area contributed by atoms with Crippen LogP contribution in [-0.4, -0.2) is 23.3 Å². The number of aryl methyl sites for hydroxylation is 1. The Morgan fingerprint density at radius 3 is 2.52 bits per heavy atom. The number of pyridine rings is 1. The van der Waals surface area contributed by atoms with E-state index in [-0.39, 0.29) is 24.6 Å². The summed E-state index contributed by atoms with van der Waals surface area (Å²) < 4.78 is 38.2. The van der Waals surface area contributed by atoms with E-state index in [0.717, 1.165) is 34.4 Å². The van der Waals surface area contributed by atoms with Crippen molar-refractivity contribution in [1.29, 1.82) is 0 Å². The number of rotatable bonds is 3. The maximum Gasteiger partial charge on any atom is 0.416 e. The first-order valence-electron chi connectivity index (χ1n) is 9.54. The van der Waals surface area contributed by atoms with Crippen LogP contribution in [0.5, 0.6) is 0 Å². The van der Waals surface area contributed by atoms with Crippen LogP contribution in [0.4, 0.5) is 24.5 Å². The number of carbonyl (C=O) groups excluding carboxylic acids is 2. The summed E-state index contributed by atoms with van der Waals surface area (Å²) in [5.41, 5.74) is 3.40. The van der Waals surface area contributed by atoms with Crippen LogP contribution in [0.3, 0.4) is 0 Å². The molecule has 4 rings (SSSR count). The third-order valence-corrected chi connectivity index (χ3v) is 5.13. The minimum atomic E-state index is -4.45. The second-order valence-corrected chi connectivity index (χ2v) is 7.29. The molecule has 0 saturated heterocycles.